The van der Waals surface area contributed by atoms with Crippen LogP contribution in [0.15, 0.2) is 72.8 Å². The molecule has 184 valence electrons. The molecule has 0 saturated carbocycles. The Balaban J connectivity index is 1.53. The molecule has 1 heterocycles. The fraction of sp³-hybridized carbons (Fsp3) is 0.214. The van der Waals surface area contributed by atoms with Gasteiger partial charge in [0.15, 0.2) is 6.10 Å². The minimum Gasteiger partial charge on any atom is -0.493 e. The van der Waals surface area contributed by atoms with Crippen molar-refractivity contribution < 1.29 is 28.7 Å². The van der Waals surface area contributed by atoms with Crippen molar-refractivity contribution in [2.75, 3.05) is 18.6 Å². The molecule has 4 rings (SSSR count). The van der Waals surface area contributed by atoms with E-state index in [1.54, 1.807) is 62.5 Å². The van der Waals surface area contributed by atoms with Gasteiger partial charge in [0.1, 0.15) is 11.3 Å². The second kappa shape index (κ2) is 10.4. The van der Waals surface area contributed by atoms with E-state index in [1.165, 1.54) is 17.9 Å². The molecular formula is C28H26N2O6. The van der Waals surface area contributed by atoms with Gasteiger partial charge in [-0.25, -0.2) is 4.79 Å². The standard InChI is InChI=1S/C28H26N2O6/c1-4-35-24-15-14-19(17-30-26(32)21-12-8-9-13-22(21)27(30)33)16-23(24)28(34)36-18(2)25(31)29(3)20-10-6-5-7-11-20/h5-16,18H,4,17H2,1-3H3. The Labute approximate surface area is 209 Å². The summed E-state index contributed by atoms with van der Waals surface area (Å²) in [6.45, 7) is 3.57. The van der Waals surface area contributed by atoms with Crippen LogP contribution in [0.3, 0.4) is 0 Å². The molecule has 0 aromatic heterocycles. The van der Waals surface area contributed by atoms with Gasteiger partial charge in [-0.15, -0.1) is 0 Å². The Morgan fingerprint density at radius 1 is 0.917 bits per heavy atom. The molecule has 8 nitrogen and oxygen atoms in total. The molecular weight excluding hydrogens is 460 g/mol. The number of likely N-dealkylation sites (N-methyl/N-ethyl adjacent to an activating group) is 1. The van der Waals surface area contributed by atoms with Gasteiger partial charge in [-0.2, -0.15) is 0 Å². The van der Waals surface area contributed by atoms with Crippen LogP contribution in [0.5, 0.6) is 5.75 Å². The van der Waals surface area contributed by atoms with Gasteiger partial charge in [0.2, 0.25) is 0 Å². The molecule has 1 unspecified atom stereocenters. The zero-order valence-corrected chi connectivity index (χ0v) is 20.3. The Morgan fingerprint density at radius 2 is 1.53 bits per heavy atom. The minimum absolute atomic E-state index is 0.0236. The summed E-state index contributed by atoms with van der Waals surface area (Å²) in [4.78, 5) is 54.0. The first-order valence-electron chi connectivity index (χ1n) is 11.6. The van der Waals surface area contributed by atoms with E-state index < -0.39 is 29.8 Å². The summed E-state index contributed by atoms with van der Waals surface area (Å²) in [6, 6.07) is 20.5. The number of carbonyl (C=O) groups is 4. The average molecular weight is 487 g/mol. The summed E-state index contributed by atoms with van der Waals surface area (Å²) in [5, 5.41) is 0. The highest BCUT2D eigenvalue weighted by Crippen LogP contribution is 2.27. The minimum atomic E-state index is -1.06. The summed E-state index contributed by atoms with van der Waals surface area (Å²) in [5.41, 5.74) is 2.02. The highest BCUT2D eigenvalue weighted by Gasteiger charge is 2.35. The topological polar surface area (TPSA) is 93.2 Å². The molecule has 3 aromatic carbocycles. The number of amides is 3. The summed E-state index contributed by atoms with van der Waals surface area (Å²) >= 11 is 0. The van der Waals surface area contributed by atoms with E-state index in [0.29, 0.717) is 29.0 Å². The van der Waals surface area contributed by atoms with Gasteiger partial charge < -0.3 is 14.4 Å². The number of hydrogen-bond acceptors (Lipinski definition) is 6. The molecule has 0 saturated heterocycles. The van der Waals surface area contributed by atoms with Crippen LogP contribution in [-0.2, 0) is 16.1 Å². The number of benzene rings is 3. The number of imide groups is 1. The Hall–Kier alpha value is -4.46. The zero-order valence-electron chi connectivity index (χ0n) is 20.3. The largest absolute Gasteiger partial charge is 0.493 e. The molecule has 0 aliphatic carbocycles. The number of ether oxygens (including phenoxy) is 2. The quantitative estimate of drug-likeness (QED) is 0.352. The summed E-state index contributed by atoms with van der Waals surface area (Å²) in [6.07, 6.45) is -1.06. The highest BCUT2D eigenvalue weighted by atomic mass is 16.5. The molecule has 3 aromatic rings. The Morgan fingerprint density at radius 3 is 2.14 bits per heavy atom. The van der Waals surface area contributed by atoms with Crippen LogP contribution in [0.25, 0.3) is 0 Å². The first-order chi connectivity index (χ1) is 17.3. The third-order valence-electron chi connectivity index (χ3n) is 5.89. The lowest BCUT2D eigenvalue weighted by molar-refractivity contribution is -0.126. The van der Waals surface area contributed by atoms with E-state index in [2.05, 4.69) is 0 Å². The van der Waals surface area contributed by atoms with Gasteiger partial charge in [-0.3, -0.25) is 19.3 Å². The van der Waals surface area contributed by atoms with Crippen LogP contribution in [0.4, 0.5) is 5.69 Å². The van der Waals surface area contributed by atoms with Crippen LogP contribution in [0.2, 0.25) is 0 Å². The lowest BCUT2D eigenvalue weighted by atomic mass is 10.1. The van der Waals surface area contributed by atoms with E-state index in [9.17, 15) is 19.2 Å². The zero-order chi connectivity index (χ0) is 25.8. The van der Waals surface area contributed by atoms with Gasteiger partial charge in [-0.05, 0) is 55.8 Å². The van der Waals surface area contributed by atoms with E-state index in [4.69, 9.17) is 9.47 Å². The number of carbonyl (C=O) groups excluding carboxylic acids is 4. The van der Waals surface area contributed by atoms with Crippen LogP contribution < -0.4 is 9.64 Å². The van der Waals surface area contributed by atoms with Crippen LogP contribution in [0.1, 0.15) is 50.5 Å². The van der Waals surface area contributed by atoms with Crippen molar-refractivity contribution >= 4 is 29.4 Å². The first kappa shape index (κ1) is 24.7. The van der Waals surface area contributed by atoms with Crippen LogP contribution in [0, 0.1) is 0 Å². The molecule has 8 heteroatoms. The maximum atomic E-state index is 13.1. The number of anilines is 1. The monoisotopic (exact) mass is 486 g/mol. The summed E-state index contributed by atoms with van der Waals surface area (Å²) in [7, 11) is 1.61. The molecule has 36 heavy (non-hydrogen) atoms. The SMILES string of the molecule is CCOc1ccc(CN2C(=O)c3ccccc3C2=O)cc1C(=O)OC(C)C(=O)N(C)c1ccccc1. The predicted molar refractivity (Wildman–Crippen MR) is 133 cm³/mol. The number of hydrogen-bond donors (Lipinski definition) is 0. The number of esters is 1. The molecule has 1 aliphatic rings. The van der Waals surface area contributed by atoms with Crippen LogP contribution in [-0.4, -0.2) is 48.3 Å². The fourth-order valence-electron chi connectivity index (χ4n) is 4.01. The van der Waals surface area contributed by atoms with Crippen molar-refractivity contribution in [3.63, 3.8) is 0 Å². The van der Waals surface area contributed by atoms with Crippen molar-refractivity contribution in [1.82, 2.24) is 4.90 Å². The van der Waals surface area contributed by atoms with Crippen molar-refractivity contribution in [2.24, 2.45) is 0 Å². The number of nitrogens with zero attached hydrogens (tertiary/aromatic N) is 2. The lowest BCUT2D eigenvalue weighted by Gasteiger charge is -2.22. The van der Waals surface area contributed by atoms with Crippen molar-refractivity contribution in [2.45, 2.75) is 26.5 Å². The first-order valence-corrected chi connectivity index (χ1v) is 11.6. The number of fused-ring (bicyclic) bond motifs is 1. The highest BCUT2D eigenvalue weighted by molar-refractivity contribution is 6.21. The second-order valence-electron chi connectivity index (χ2n) is 8.29. The van der Waals surface area contributed by atoms with Crippen molar-refractivity contribution in [3.8, 4) is 5.75 Å². The van der Waals surface area contributed by atoms with Crippen LogP contribution >= 0.6 is 0 Å². The van der Waals surface area contributed by atoms with Crippen molar-refractivity contribution in [3.05, 3.63) is 95.1 Å². The lowest BCUT2D eigenvalue weighted by Crippen LogP contribution is -2.37. The smallest absolute Gasteiger partial charge is 0.342 e. The molecule has 0 spiro atoms. The van der Waals surface area contributed by atoms with E-state index in [1.807, 2.05) is 18.2 Å². The maximum absolute atomic E-state index is 13.1. The molecule has 0 radical (unpaired) electrons. The predicted octanol–water partition coefficient (Wildman–Crippen LogP) is 4.09. The van der Waals surface area contributed by atoms with Gasteiger partial charge in [0, 0.05) is 12.7 Å². The third-order valence-corrected chi connectivity index (χ3v) is 5.89. The van der Waals surface area contributed by atoms with E-state index in [0.717, 1.165) is 4.90 Å². The van der Waals surface area contributed by atoms with Crippen molar-refractivity contribution in [1.29, 1.82) is 0 Å². The third kappa shape index (κ3) is 4.84. The fourth-order valence-corrected chi connectivity index (χ4v) is 4.01. The Bertz CT molecular complexity index is 1290. The second-order valence-corrected chi connectivity index (χ2v) is 8.29. The van der Waals surface area contributed by atoms with E-state index in [-0.39, 0.29) is 17.9 Å². The normalized spacial score (nSPS) is 13.2. The van der Waals surface area contributed by atoms with Gasteiger partial charge in [0.25, 0.3) is 17.7 Å². The van der Waals surface area contributed by atoms with Gasteiger partial charge >= 0.3 is 5.97 Å². The molecule has 0 N–H and O–H groups in total. The summed E-state index contributed by atoms with van der Waals surface area (Å²) in [5.74, 6) is -1.64. The molecule has 3 amide bonds. The average Bonchev–Trinajstić information content (AvgIpc) is 3.14. The number of rotatable bonds is 8. The van der Waals surface area contributed by atoms with Gasteiger partial charge in [0.05, 0.1) is 24.3 Å². The molecule has 0 fully saturated rings. The number of para-hydroxylation sites is 1. The summed E-state index contributed by atoms with van der Waals surface area (Å²) < 4.78 is 11.1. The maximum Gasteiger partial charge on any atom is 0.342 e. The molecule has 0 bridgehead atoms. The molecule has 1 aliphatic heterocycles. The molecule has 1 atom stereocenters. The van der Waals surface area contributed by atoms with E-state index >= 15 is 0 Å². The van der Waals surface area contributed by atoms with Gasteiger partial charge in [-0.1, -0.05) is 36.4 Å². The Kier molecular flexibility index (Phi) is 7.15.